The van der Waals surface area contributed by atoms with Gasteiger partial charge in [-0.25, -0.2) is 0 Å². The Balaban J connectivity index is 1.51. The molecule has 7 rings (SSSR count). The molecule has 45 heavy (non-hydrogen) atoms. The fourth-order valence-electron chi connectivity index (χ4n) is 7.27. The van der Waals surface area contributed by atoms with Crippen molar-refractivity contribution >= 4 is 27.8 Å². The molecule has 1 fully saturated rings. The third-order valence-electron chi connectivity index (χ3n) is 9.62. The van der Waals surface area contributed by atoms with Crippen LogP contribution in [0.1, 0.15) is 69.9 Å². The minimum atomic E-state index is 0.0103. The zero-order chi connectivity index (χ0) is 30.8. The zero-order valence-electron chi connectivity index (χ0n) is 26.8. The Morgan fingerprint density at radius 3 is 1.91 bits per heavy atom. The summed E-state index contributed by atoms with van der Waals surface area (Å²) in [5.41, 5.74) is 11.4. The summed E-state index contributed by atoms with van der Waals surface area (Å²) in [6.07, 6.45) is 6.58. The van der Waals surface area contributed by atoms with Gasteiger partial charge in [-0.2, -0.15) is 0 Å². The minimum Gasteiger partial charge on any atom is -0.309 e. The lowest BCUT2D eigenvalue weighted by Gasteiger charge is -2.32. The molecule has 0 radical (unpaired) electrons. The molecular weight excluding hydrogens is 542 g/mol. The van der Waals surface area contributed by atoms with E-state index in [0.29, 0.717) is 5.92 Å². The second-order valence-electron chi connectivity index (χ2n) is 13.6. The van der Waals surface area contributed by atoms with Gasteiger partial charge in [0.2, 0.25) is 0 Å². The summed E-state index contributed by atoms with van der Waals surface area (Å²) in [6.45, 7) is 6.91. The van der Waals surface area contributed by atoms with Crippen LogP contribution in [0.2, 0.25) is 0 Å². The van der Waals surface area contributed by atoms with Gasteiger partial charge in [0.1, 0.15) is 0 Å². The van der Waals surface area contributed by atoms with Crippen LogP contribution in [-0.4, -0.2) is 0 Å². The van der Waals surface area contributed by atoms with E-state index in [2.05, 4.69) is 165 Å². The molecule has 6 aromatic carbocycles. The number of anilines is 3. The summed E-state index contributed by atoms with van der Waals surface area (Å²) in [6, 6.07) is 51.7. The standard InChI is InChI=1S/C44H43N/c1-44(2,3)35-29-30-37(32-17-7-4-8-18-32)42(31-35)45(36-23-11-6-12-24-36)41-28-14-13-25-39(41)40-27-16-22-34-21-15-26-38(43(34)40)33-19-9-5-10-20-33/h4,6-8,11-18,21-31,33H,5,9-10,19-20H2,1-3H3. The van der Waals surface area contributed by atoms with Crippen LogP contribution in [0.5, 0.6) is 0 Å². The molecule has 0 aliphatic heterocycles. The lowest BCUT2D eigenvalue weighted by atomic mass is 9.80. The molecule has 0 bridgehead atoms. The van der Waals surface area contributed by atoms with Crippen molar-refractivity contribution in [3.63, 3.8) is 0 Å². The normalized spacial score (nSPS) is 14.0. The molecule has 0 amide bonds. The predicted octanol–water partition coefficient (Wildman–Crippen LogP) is 13.0. The molecule has 1 aliphatic carbocycles. The van der Waals surface area contributed by atoms with Crippen LogP contribution < -0.4 is 4.90 Å². The molecule has 6 aromatic rings. The maximum Gasteiger partial charge on any atom is 0.0543 e. The number of hydrogen-bond acceptors (Lipinski definition) is 1. The Labute approximate surface area is 269 Å². The Bertz CT molecular complexity index is 1900. The average Bonchev–Trinajstić information content (AvgIpc) is 3.09. The quantitative estimate of drug-likeness (QED) is 0.188. The number of benzene rings is 6. The predicted molar refractivity (Wildman–Crippen MR) is 194 cm³/mol. The van der Waals surface area contributed by atoms with Crippen LogP contribution in [-0.2, 0) is 5.41 Å². The Morgan fingerprint density at radius 2 is 1.18 bits per heavy atom. The summed E-state index contributed by atoms with van der Waals surface area (Å²) >= 11 is 0. The van der Waals surface area contributed by atoms with Crippen molar-refractivity contribution in [1.82, 2.24) is 0 Å². The molecule has 0 aromatic heterocycles. The Hall–Kier alpha value is -4.62. The van der Waals surface area contributed by atoms with E-state index < -0.39 is 0 Å². The highest BCUT2D eigenvalue weighted by molar-refractivity contribution is 6.04. The van der Waals surface area contributed by atoms with Gasteiger partial charge in [-0.05, 0) is 81.5 Å². The van der Waals surface area contributed by atoms with Gasteiger partial charge in [-0.1, -0.05) is 155 Å². The van der Waals surface area contributed by atoms with Crippen LogP contribution >= 0.6 is 0 Å². The maximum atomic E-state index is 2.50. The summed E-state index contributed by atoms with van der Waals surface area (Å²) in [7, 11) is 0. The number of nitrogens with zero attached hydrogens (tertiary/aromatic N) is 1. The van der Waals surface area contributed by atoms with Crippen LogP contribution in [0.25, 0.3) is 33.0 Å². The highest BCUT2D eigenvalue weighted by Gasteiger charge is 2.25. The third-order valence-corrected chi connectivity index (χ3v) is 9.62. The average molecular weight is 586 g/mol. The third kappa shape index (κ3) is 5.80. The fourth-order valence-corrected chi connectivity index (χ4v) is 7.27. The Kier molecular flexibility index (Phi) is 8.03. The topological polar surface area (TPSA) is 3.24 Å². The monoisotopic (exact) mass is 585 g/mol. The maximum absolute atomic E-state index is 2.50. The molecule has 0 spiro atoms. The van der Waals surface area contributed by atoms with E-state index in [0.717, 1.165) is 5.69 Å². The van der Waals surface area contributed by atoms with Crippen molar-refractivity contribution in [3.8, 4) is 22.3 Å². The summed E-state index contributed by atoms with van der Waals surface area (Å²) in [5, 5.41) is 2.75. The van der Waals surface area contributed by atoms with Crippen molar-refractivity contribution in [2.45, 2.75) is 64.2 Å². The second kappa shape index (κ2) is 12.4. The first-order valence-electron chi connectivity index (χ1n) is 16.7. The molecule has 0 unspecified atom stereocenters. The van der Waals surface area contributed by atoms with Crippen molar-refractivity contribution in [2.24, 2.45) is 0 Å². The molecule has 1 aliphatic rings. The molecular formula is C44H43N. The van der Waals surface area contributed by atoms with Crippen molar-refractivity contribution < 1.29 is 0 Å². The summed E-state index contributed by atoms with van der Waals surface area (Å²) in [4.78, 5) is 2.50. The first-order valence-corrected chi connectivity index (χ1v) is 16.7. The van der Waals surface area contributed by atoms with E-state index in [9.17, 15) is 0 Å². The first-order chi connectivity index (χ1) is 22.0. The van der Waals surface area contributed by atoms with Crippen LogP contribution in [0, 0.1) is 0 Å². The van der Waals surface area contributed by atoms with Gasteiger partial charge >= 0.3 is 0 Å². The molecule has 1 nitrogen and oxygen atoms in total. The van der Waals surface area contributed by atoms with Gasteiger partial charge in [0.25, 0.3) is 0 Å². The molecule has 224 valence electrons. The number of fused-ring (bicyclic) bond motifs is 1. The minimum absolute atomic E-state index is 0.0103. The number of para-hydroxylation sites is 2. The molecule has 0 saturated heterocycles. The summed E-state index contributed by atoms with van der Waals surface area (Å²) in [5.74, 6) is 0.620. The molecule has 1 saturated carbocycles. The van der Waals surface area contributed by atoms with E-state index in [1.165, 1.54) is 87.6 Å². The van der Waals surface area contributed by atoms with Gasteiger partial charge in [0.15, 0.2) is 0 Å². The van der Waals surface area contributed by atoms with E-state index >= 15 is 0 Å². The van der Waals surface area contributed by atoms with Gasteiger partial charge in [0, 0.05) is 16.8 Å². The van der Waals surface area contributed by atoms with Gasteiger partial charge in [-0.3, -0.25) is 0 Å². The van der Waals surface area contributed by atoms with Crippen LogP contribution in [0.3, 0.4) is 0 Å². The van der Waals surface area contributed by atoms with E-state index in [-0.39, 0.29) is 5.41 Å². The zero-order valence-corrected chi connectivity index (χ0v) is 26.8. The first kappa shape index (κ1) is 29.1. The number of rotatable bonds is 6. The molecule has 0 N–H and O–H groups in total. The molecule has 0 atom stereocenters. The van der Waals surface area contributed by atoms with E-state index in [4.69, 9.17) is 0 Å². The smallest absolute Gasteiger partial charge is 0.0543 e. The van der Waals surface area contributed by atoms with Crippen molar-refractivity contribution in [1.29, 1.82) is 0 Å². The van der Waals surface area contributed by atoms with E-state index in [1.54, 1.807) is 0 Å². The Morgan fingerprint density at radius 1 is 0.533 bits per heavy atom. The SMILES string of the molecule is CC(C)(C)c1ccc(-c2ccccc2)c(N(c2ccccc2)c2ccccc2-c2cccc3cccc(C4CCCCC4)c23)c1. The van der Waals surface area contributed by atoms with E-state index in [1.807, 2.05) is 0 Å². The molecule has 1 heteroatoms. The second-order valence-corrected chi connectivity index (χ2v) is 13.6. The number of hydrogen-bond donors (Lipinski definition) is 0. The fraction of sp³-hybridized carbons (Fsp3) is 0.227. The highest BCUT2D eigenvalue weighted by atomic mass is 15.1. The van der Waals surface area contributed by atoms with Crippen molar-refractivity contribution in [3.05, 3.63) is 151 Å². The van der Waals surface area contributed by atoms with Crippen molar-refractivity contribution in [2.75, 3.05) is 4.90 Å². The lowest BCUT2D eigenvalue weighted by Crippen LogP contribution is -2.16. The highest BCUT2D eigenvalue weighted by Crippen LogP contribution is 2.48. The van der Waals surface area contributed by atoms with Crippen LogP contribution in [0.15, 0.2) is 140 Å². The summed E-state index contributed by atoms with van der Waals surface area (Å²) < 4.78 is 0. The molecule has 0 heterocycles. The van der Waals surface area contributed by atoms with Gasteiger partial charge in [-0.15, -0.1) is 0 Å². The van der Waals surface area contributed by atoms with Crippen LogP contribution in [0.4, 0.5) is 17.1 Å². The lowest BCUT2D eigenvalue weighted by molar-refractivity contribution is 0.445. The largest absolute Gasteiger partial charge is 0.309 e. The van der Waals surface area contributed by atoms with Gasteiger partial charge in [0.05, 0.1) is 11.4 Å². The van der Waals surface area contributed by atoms with Gasteiger partial charge < -0.3 is 4.90 Å².